The van der Waals surface area contributed by atoms with Crippen molar-refractivity contribution >= 4 is 0 Å². The molecule has 12 heavy (non-hydrogen) atoms. The van der Waals surface area contributed by atoms with Crippen molar-refractivity contribution < 1.29 is 9.84 Å². The van der Waals surface area contributed by atoms with Gasteiger partial charge in [-0.05, 0) is 39.2 Å². The molecule has 1 aliphatic heterocycles. The minimum atomic E-state index is 0.0230. The highest BCUT2D eigenvalue weighted by Gasteiger charge is 2.31. The molecular formula is C10H18O2. The summed E-state index contributed by atoms with van der Waals surface area (Å²) < 4.78 is 5.78. The standard InChI is InChI=1S/C10H18O2/c1-8(5-7-11)9-4-6-10(2,3)12-9/h5,9,11H,4,6-7H2,1-3H3. The predicted molar refractivity (Wildman–Crippen MR) is 49.0 cm³/mol. The minimum absolute atomic E-state index is 0.0230. The third kappa shape index (κ3) is 2.32. The smallest absolute Gasteiger partial charge is 0.0791 e. The molecule has 1 saturated heterocycles. The fraction of sp³-hybridized carbons (Fsp3) is 0.800. The lowest BCUT2D eigenvalue weighted by Crippen LogP contribution is -2.20. The van der Waals surface area contributed by atoms with E-state index < -0.39 is 0 Å². The first-order chi connectivity index (χ1) is 5.55. The third-order valence-corrected chi connectivity index (χ3v) is 2.39. The molecule has 0 bridgehead atoms. The molecule has 0 aromatic heterocycles. The van der Waals surface area contributed by atoms with Crippen LogP contribution >= 0.6 is 0 Å². The summed E-state index contributed by atoms with van der Waals surface area (Å²) in [6.45, 7) is 6.35. The molecule has 1 atom stereocenters. The summed E-state index contributed by atoms with van der Waals surface area (Å²) in [5.74, 6) is 0. The van der Waals surface area contributed by atoms with E-state index in [2.05, 4.69) is 13.8 Å². The molecule has 70 valence electrons. The first kappa shape index (κ1) is 9.75. The molecule has 1 unspecified atom stereocenters. The Kier molecular flexibility index (Phi) is 2.91. The van der Waals surface area contributed by atoms with Crippen LogP contribution < -0.4 is 0 Å². The molecule has 2 nitrogen and oxygen atoms in total. The molecule has 1 fully saturated rings. The van der Waals surface area contributed by atoms with Crippen LogP contribution in [0.4, 0.5) is 0 Å². The Labute approximate surface area is 74.2 Å². The largest absolute Gasteiger partial charge is 0.392 e. The van der Waals surface area contributed by atoms with Crippen molar-refractivity contribution in [2.45, 2.75) is 45.3 Å². The lowest BCUT2D eigenvalue weighted by atomic mass is 10.0. The Morgan fingerprint density at radius 3 is 2.75 bits per heavy atom. The minimum Gasteiger partial charge on any atom is -0.392 e. The van der Waals surface area contributed by atoms with Crippen LogP contribution in [0.1, 0.15) is 33.6 Å². The van der Waals surface area contributed by atoms with Gasteiger partial charge in [0.1, 0.15) is 0 Å². The van der Waals surface area contributed by atoms with Crippen molar-refractivity contribution in [3.8, 4) is 0 Å². The zero-order chi connectivity index (χ0) is 9.19. The molecule has 1 aliphatic rings. The molecule has 0 spiro atoms. The average molecular weight is 170 g/mol. The molecule has 0 aliphatic carbocycles. The van der Waals surface area contributed by atoms with Crippen LogP contribution in [0.3, 0.4) is 0 Å². The van der Waals surface area contributed by atoms with Gasteiger partial charge in [-0.15, -0.1) is 0 Å². The lowest BCUT2D eigenvalue weighted by Gasteiger charge is -2.19. The molecule has 1 N–H and O–H groups in total. The molecular weight excluding hydrogens is 152 g/mol. The summed E-state index contributed by atoms with van der Waals surface area (Å²) >= 11 is 0. The second-order valence-electron chi connectivity index (χ2n) is 4.04. The van der Waals surface area contributed by atoms with E-state index in [0.29, 0.717) is 0 Å². The van der Waals surface area contributed by atoms with Crippen molar-refractivity contribution in [1.82, 2.24) is 0 Å². The van der Waals surface area contributed by atoms with Gasteiger partial charge >= 0.3 is 0 Å². The zero-order valence-electron chi connectivity index (χ0n) is 8.13. The van der Waals surface area contributed by atoms with Gasteiger partial charge in [0, 0.05) is 0 Å². The van der Waals surface area contributed by atoms with Crippen LogP contribution in [-0.4, -0.2) is 23.4 Å². The Morgan fingerprint density at radius 1 is 1.67 bits per heavy atom. The Bertz CT molecular complexity index is 182. The van der Waals surface area contributed by atoms with Gasteiger partial charge in [0.05, 0.1) is 18.3 Å². The van der Waals surface area contributed by atoms with Gasteiger partial charge < -0.3 is 9.84 Å². The molecule has 1 heterocycles. The number of aliphatic hydroxyl groups is 1. The van der Waals surface area contributed by atoms with E-state index in [1.165, 1.54) is 0 Å². The highest BCUT2D eigenvalue weighted by Crippen LogP contribution is 2.32. The second kappa shape index (κ2) is 3.58. The van der Waals surface area contributed by atoms with Crippen molar-refractivity contribution in [3.05, 3.63) is 11.6 Å². The molecule has 2 heteroatoms. The summed E-state index contributed by atoms with van der Waals surface area (Å²) in [6, 6.07) is 0. The van der Waals surface area contributed by atoms with E-state index in [-0.39, 0.29) is 18.3 Å². The van der Waals surface area contributed by atoms with Crippen molar-refractivity contribution in [1.29, 1.82) is 0 Å². The maximum absolute atomic E-state index is 8.70. The normalized spacial score (nSPS) is 29.3. The van der Waals surface area contributed by atoms with E-state index in [1.54, 1.807) is 0 Å². The highest BCUT2D eigenvalue weighted by molar-refractivity contribution is 5.08. The number of aliphatic hydroxyl groups excluding tert-OH is 1. The highest BCUT2D eigenvalue weighted by atomic mass is 16.5. The van der Waals surface area contributed by atoms with Gasteiger partial charge in [-0.2, -0.15) is 0 Å². The average Bonchev–Trinajstić information content (AvgIpc) is 2.31. The van der Waals surface area contributed by atoms with E-state index in [0.717, 1.165) is 18.4 Å². The summed E-state index contributed by atoms with van der Waals surface area (Å²) in [7, 11) is 0. The van der Waals surface area contributed by atoms with Crippen LogP contribution in [0.25, 0.3) is 0 Å². The Morgan fingerprint density at radius 2 is 2.33 bits per heavy atom. The maximum Gasteiger partial charge on any atom is 0.0791 e. The van der Waals surface area contributed by atoms with Crippen LogP contribution in [-0.2, 0) is 4.74 Å². The first-order valence-electron chi connectivity index (χ1n) is 4.50. The van der Waals surface area contributed by atoms with Gasteiger partial charge in [0.2, 0.25) is 0 Å². The molecule has 0 saturated carbocycles. The van der Waals surface area contributed by atoms with Gasteiger partial charge in [0.25, 0.3) is 0 Å². The number of hydrogen-bond acceptors (Lipinski definition) is 2. The SMILES string of the molecule is CC(=CCO)C1CCC(C)(C)O1. The molecule has 0 radical (unpaired) electrons. The topological polar surface area (TPSA) is 29.5 Å². The van der Waals surface area contributed by atoms with Crippen molar-refractivity contribution in [3.63, 3.8) is 0 Å². The maximum atomic E-state index is 8.70. The molecule has 1 rings (SSSR count). The van der Waals surface area contributed by atoms with Crippen LogP contribution in [0.2, 0.25) is 0 Å². The van der Waals surface area contributed by atoms with Crippen LogP contribution in [0.5, 0.6) is 0 Å². The number of hydrogen-bond donors (Lipinski definition) is 1. The second-order valence-corrected chi connectivity index (χ2v) is 4.04. The third-order valence-electron chi connectivity index (χ3n) is 2.39. The van der Waals surface area contributed by atoms with Crippen LogP contribution in [0, 0.1) is 0 Å². The fourth-order valence-electron chi connectivity index (χ4n) is 1.58. The van der Waals surface area contributed by atoms with Gasteiger partial charge in [0.15, 0.2) is 0 Å². The summed E-state index contributed by atoms with van der Waals surface area (Å²) in [5, 5.41) is 8.70. The van der Waals surface area contributed by atoms with Gasteiger partial charge in [-0.1, -0.05) is 6.08 Å². The summed E-state index contributed by atoms with van der Waals surface area (Å²) in [5.41, 5.74) is 1.18. The van der Waals surface area contributed by atoms with Crippen molar-refractivity contribution in [2.75, 3.05) is 6.61 Å². The molecule has 0 amide bonds. The first-order valence-corrected chi connectivity index (χ1v) is 4.50. The summed E-state index contributed by atoms with van der Waals surface area (Å²) in [4.78, 5) is 0. The van der Waals surface area contributed by atoms with E-state index in [9.17, 15) is 0 Å². The van der Waals surface area contributed by atoms with Crippen molar-refractivity contribution in [2.24, 2.45) is 0 Å². The monoisotopic (exact) mass is 170 g/mol. The zero-order valence-corrected chi connectivity index (χ0v) is 8.13. The fourth-order valence-corrected chi connectivity index (χ4v) is 1.58. The summed E-state index contributed by atoms with van der Waals surface area (Å²) in [6.07, 6.45) is 4.24. The Hall–Kier alpha value is -0.340. The van der Waals surface area contributed by atoms with Crippen LogP contribution in [0.15, 0.2) is 11.6 Å². The molecule has 0 aromatic rings. The van der Waals surface area contributed by atoms with E-state index >= 15 is 0 Å². The predicted octanol–water partition coefficient (Wildman–Crippen LogP) is 1.88. The molecule has 0 aromatic carbocycles. The van der Waals surface area contributed by atoms with Gasteiger partial charge in [-0.3, -0.25) is 0 Å². The lowest BCUT2D eigenvalue weighted by molar-refractivity contribution is 0.000293. The van der Waals surface area contributed by atoms with Gasteiger partial charge in [-0.25, -0.2) is 0 Å². The Balaban J connectivity index is 2.52. The van der Waals surface area contributed by atoms with E-state index in [1.807, 2.05) is 13.0 Å². The quantitative estimate of drug-likeness (QED) is 0.641. The van der Waals surface area contributed by atoms with E-state index in [4.69, 9.17) is 9.84 Å². The number of ether oxygens (including phenoxy) is 1. The number of rotatable bonds is 2.